The minimum Gasteiger partial charge on any atom is -0.491 e. The molecule has 2 aromatic heterocycles. The Morgan fingerprint density at radius 3 is 2.90 bits per heavy atom. The molecule has 0 aliphatic carbocycles. The molecule has 5 N–H and O–H groups in total. The van der Waals surface area contributed by atoms with E-state index in [1.165, 1.54) is 11.3 Å². The Morgan fingerprint density at radius 1 is 1.29 bits per heavy atom. The van der Waals surface area contributed by atoms with Crippen molar-refractivity contribution in [2.45, 2.75) is 32.4 Å². The number of amides is 1. The second-order valence-corrected chi connectivity index (χ2v) is 9.67. The Bertz CT molecular complexity index is 1150. The van der Waals surface area contributed by atoms with Crippen LogP contribution in [-0.4, -0.2) is 42.7 Å². The predicted molar refractivity (Wildman–Crippen MR) is 125 cm³/mol. The summed E-state index contributed by atoms with van der Waals surface area (Å²) in [7, 11) is 0. The molecule has 0 radical (unpaired) electrons. The third-order valence-corrected chi connectivity index (χ3v) is 7.38. The van der Waals surface area contributed by atoms with E-state index in [0.29, 0.717) is 23.1 Å². The van der Waals surface area contributed by atoms with E-state index in [-0.39, 0.29) is 18.0 Å². The van der Waals surface area contributed by atoms with E-state index >= 15 is 0 Å². The smallest absolute Gasteiger partial charge is 0.263 e. The third kappa shape index (κ3) is 3.70. The molecule has 0 bridgehead atoms. The largest absolute Gasteiger partial charge is 0.491 e. The number of thiophene rings is 1. The predicted octanol–water partition coefficient (Wildman–Crippen LogP) is 2.70. The van der Waals surface area contributed by atoms with Gasteiger partial charge in [-0.25, -0.2) is 4.98 Å². The number of rotatable bonds is 3. The molecule has 3 aromatic rings. The fraction of sp³-hybridized carbons (Fsp3) is 0.391. The highest BCUT2D eigenvalue weighted by atomic mass is 32.1. The third-order valence-electron chi connectivity index (χ3n) is 6.27. The summed E-state index contributed by atoms with van der Waals surface area (Å²) in [6.45, 7) is 6.37. The number of nitrogens with zero attached hydrogens (tertiary/aromatic N) is 2. The highest BCUT2D eigenvalue weighted by Crippen LogP contribution is 2.34. The lowest BCUT2D eigenvalue weighted by Gasteiger charge is -2.28. The van der Waals surface area contributed by atoms with E-state index in [1.807, 2.05) is 19.1 Å². The zero-order valence-electron chi connectivity index (χ0n) is 17.7. The van der Waals surface area contributed by atoms with Gasteiger partial charge < -0.3 is 26.4 Å². The normalized spacial score (nSPS) is 22.9. The van der Waals surface area contributed by atoms with Gasteiger partial charge in [-0.15, -0.1) is 11.3 Å². The van der Waals surface area contributed by atoms with Crippen LogP contribution < -0.4 is 26.4 Å². The van der Waals surface area contributed by atoms with Crippen molar-refractivity contribution in [1.29, 1.82) is 0 Å². The van der Waals surface area contributed by atoms with Crippen LogP contribution >= 0.6 is 11.3 Å². The van der Waals surface area contributed by atoms with Crippen LogP contribution in [0, 0.1) is 12.8 Å². The first kappa shape index (κ1) is 20.1. The molecular weight excluding hydrogens is 410 g/mol. The lowest BCUT2D eigenvalue weighted by molar-refractivity contribution is 0.0920. The van der Waals surface area contributed by atoms with Crippen molar-refractivity contribution in [3.63, 3.8) is 0 Å². The summed E-state index contributed by atoms with van der Waals surface area (Å²) in [6, 6.07) is 10.2. The van der Waals surface area contributed by atoms with Gasteiger partial charge in [-0.1, -0.05) is 13.0 Å². The first-order valence-corrected chi connectivity index (χ1v) is 11.4. The van der Waals surface area contributed by atoms with Gasteiger partial charge in [-0.05, 0) is 43.0 Å². The number of carbonyl (C=O) groups is 1. The second kappa shape index (κ2) is 7.69. The Labute approximate surface area is 185 Å². The number of pyridine rings is 1. The van der Waals surface area contributed by atoms with E-state index in [1.54, 1.807) is 0 Å². The van der Waals surface area contributed by atoms with Crippen molar-refractivity contribution >= 4 is 38.8 Å². The highest BCUT2D eigenvalue weighted by Gasteiger charge is 2.29. The van der Waals surface area contributed by atoms with E-state index in [0.717, 1.165) is 52.4 Å². The summed E-state index contributed by atoms with van der Waals surface area (Å²) >= 11 is 1.33. The van der Waals surface area contributed by atoms with Gasteiger partial charge in [0.1, 0.15) is 22.1 Å². The molecule has 8 heteroatoms. The van der Waals surface area contributed by atoms with Crippen LogP contribution in [0.25, 0.3) is 10.2 Å². The van der Waals surface area contributed by atoms with Crippen molar-refractivity contribution in [1.82, 2.24) is 10.3 Å². The van der Waals surface area contributed by atoms with E-state index in [4.69, 9.17) is 16.2 Å². The van der Waals surface area contributed by atoms with E-state index in [2.05, 4.69) is 40.3 Å². The first-order valence-electron chi connectivity index (χ1n) is 10.6. The average Bonchev–Trinajstić information content (AvgIpc) is 3.26. The zero-order valence-corrected chi connectivity index (χ0v) is 18.5. The number of anilines is 2. The average molecular weight is 438 g/mol. The van der Waals surface area contributed by atoms with E-state index in [9.17, 15) is 4.79 Å². The molecule has 0 saturated carbocycles. The van der Waals surface area contributed by atoms with Gasteiger partial charge >= 0.3 is 0 Å². The van der Waals surface area contributed by atoms with Gasteiger partial charge in [-0.3, -0.25) is 4.79 Å². The maximum absolute atomic E-state index is 12.9. The van der Waals surface area contributed by atoms with Crippen LogP contribution in [0.1, 0.15) is 27.9 Å². The Balaban J connectivity index is 1.29. The molecular formula is C23H27N5O2S. The molecule has 7 nitrogen and oxygen atoms in total. The Morgan fingerprint density at radius 2 is 2.13 bits per heavy atom. The minimum atomic E-state index is -0.174. The molecule has 2 aliphatic rings. The standard InChI is InChI=1S/C23H27N5O2S/c1-12-9-28(10-18(12)24)16-5-4-14-7-15(11-30-19(14)8-16)27-22(29)21-20(25)17-6-3-13(2)26-23(17)31-21/h3-6,8,12,15,18H,7,9-11,24-25H2,1-2H3,(H,27,29). The maximum Gasteiger partial charge on any atom is 0.263 e. The molecule has 3 unspecified atom stereocenters. The lowest BCUT2D eigenvalue weighted by Crippen LogP contribution is -2.42. The van der Waals surface area contributed by atoms with Crippen LogP contribution in [0.3, 0.4) is 0 Å². The number of nitrogen functional groups attached to an aromatic ring is 1. The van der Waals surface area contributed by atoms with Gasteiger partial charge in [0.05, 0.1) is 11.7 Å². The maximum atomic E-state index is 12.9. The number of fused-ring (bicyclic) bond motifs is 2. The molecule has 3 atom stereocenters. The van der Waals surface area contributed by atoms with Crippen LogP contribution in [0.5, 0.6) is 5.75 Å². The summed E-state index contributed by atoms with van der Waals surface area (Å²) in [4.78, 5) is 21.0. The van der Waals surface area contributed by atoms with Gasteiger partial charge in [0.25, 0.3) is 5.91 Å². The summed E-state index contributed by atoms with van der Waals surface area (Å²) in [6.07, 6.45) is 0.722. The van der Waals surface area contributed by atoms with Crippen molar-refractivity contribution < 1.29 is 9.53 Å². The number of benzene rings is 1. The number of ether oxygens (including phenoxy) is 1. The monoisotopic (exact) mass is 437 g/mol. The van der Waals surface area contributed by atoms with Crippen molar-refractivity contribution in [2.24, 2.45) is 11.7 Å². The number of aryl methyl sites for hydroxylation is 1. The number of hydrogen-bond donors (Lipinski definition) is 3. The first-order chi connectivity index (χ1) is 14.9. The molecule has 162 valence electrons. The quantitative estimate of drug-likeness (QED) is 0.582. The fourth-order valence-electron chi connectivity index (χ4n) is 4.36. The molecule has 2 aliphatic heterocycles. The fourth-order valence-corrected chi connectivity index (χ4v) is 5.40. The molecule has 5 rings (SSSR count). The second-order valence-electron chi connectivity index (χ2n) is 8.67. The number of nitrogens with two attached hydrogens (primary N) is 2. The molecule has 1 amide bonds. The number of aromatic nitrogens is 1. The summed E-state index contributed by atoms with van der Waals surface area (Å²) < 4.78 is 6.02. The lowest BCUT2D eigenvalue weighted by atomic mass is 10.0. The SMILES string of the molecule is Cc1ccc2c(N)c(C(=O)NC3COc4cc(N5CC(C)C(N)C5)ccc4C3)sc2n1. The highest BCUT2D eigenvalue weighted by molar-refractivity contribution is 7.21. The topological polar surface area (TPSA) is 106 Å². The van der Waals surface area contributed by atoms with Crippen LogP contribution in [-0.2, 0) is 6.42 Å². The summed E-state index contributed by atoms with van der Waals surface area (Å²) in [5.41, 5.74) is 16.0. The van der Waals surface area contributed by atoms with Gasteiger partial charge in [0.15, 0.2) is 0 Å². The van der Waals surface area contributed by atoms with Crippen molar-refractivity contribution in [2.75, 3.05) is 30.3 Å². The molecule has 1 fully saturated rings. The van der Waals surface area contributed by atoms with Crippen LogP contribution in [0.2, 0.25) is 0 Å². The minimum absolute atomic E-state index is 0.106. The van der Waals surface area contributed by atoms with Crippen LogP contribution in [0.15, 0.2) is 30.3 Å². The van der Waals surface area contributed by atoms with Gasteiger partial charge in [0, 0.05) is 42.0 Å². The van der Waals surface area contributed by atoms with Crippen molar-refractivity contribution in [3.8, 4) is 5.75 Å². The van der Waals surface area contributed by atoms with Gasteiger partial charge in [-0.2, -0.15) is 0 Å². The Kier molecular flexibility index (Phi) is 4.98. The molecule has 1 saturated heterocycles. The van der Waals surface area contributed by atoms with Crippen molar-refractivity contribution in [3.05, 3.63) is 46.5 Å². The number of nitrogens with one attached hydrogen (secondary N) is 1. The number of carbonyl (C=O) groups excluding carboxylic acids is 1. The van der Waals surface area contributed by atoms with Gasteiger partial charge in [0.2, 0.25) is 0 Å². The molecule has 4 heterocycles. The molecule has 0 spiro atoms. The van der Waals surface area contributed by atoms with Crippen LogP contribution in [0.4, 0.5) is 11.4 Å². The zero-order chi connectivity index (χ0) is 21.7. The number of hydrogen-bond acceptors (Lipinski definition) is 7. The Hall–Kier alpha value is -2.84. The molecule has 1 aromatic carbocycles. The van der Waals surface area contributed by atoms with E-state index < -0.39 is 0 Å². The molecule has 31 heavy (non-hydrogen) atoms. The summed E-state index contributed by atoms with van der Waals surface area (Å²) in [5.74, 6) is 1.20. The summed E-state index contributed by atoms with van der Waals surface area (Å²) in [5, 5.41) is 3.91.